The number of carbonyl (C=O) groups is 1. The fraction of sp³-hybridized carbons (Fsp3) is 0.192. The number of nitrogens with one attached hydrogen (secondary N) is 2. The molecule has 1 fully saturated rings. The molecule has 0 radical (unpaired) electrons. The second-order valence-electron chi connectivity index (χ2n) is 8.62. The van der Waals surface area contributed by atoms with Crippen LogP contribution in [0.5, 0.6) is 0 Å². The molecule has 1 aliphatic heterocycles. The molecule has 10 nitrogen and oxygen atoms in total. The predicted octanol–water partition coefficient (Wildman–Crippen LogP) is 3.59. The second kappa shape index (κ2) is 10.7. The van der Waals surface area contributed by atoms with Gasteiger partial charge in [-0.3, -0.25) is 4.79 Å². The quantitative estimate of drug-likeness (QED) is 0.382. The molecular weight excluding hydrogens is 490 g/mol. The van der Waals surface area contributed by atoms with Crippen molar-refractivity contribution < 1.29 is 13.2 Å². The fourth-order valence-corrected chi connectivity index (χ4v) is 5.11. The summed E-state index contributed by atoms with van der Waals surface area (Å²) in [5.41, 5.74) is 2.32. The number of carbonyl (C=O) groups excluding carboxylic acids is 1. The zero-order chi connectivity index (χ0) is 25.7. The van der Waals surface area contributed by atoms with Crippen LogP contribution in [0.4, 0.5) is 17.5 Å². The zero-order valence-corrected chi connectivity index (χ0v) is 20.7. The number of hydrogen-bond donors (Lipinski definition) is 2. The van der Waals surface area contributed by atoms with Crippen molar-refractivity contribution in [3.8, 4) is 11.3 Å². The lowest BCUT2D eigenvalue weighted by molar-refractivity contribution is -0.120. The first-order valence-electron chi connectivity index (χ1n) is 11.8. The highest BCUT2D eigenvalue weighted by Crippen LogP contribution is 2.25. The number of aromatic nitrogens is 4. The Kier molecular flexibility index (Phi) is 7.04. The summed E-state index contributed by atoms with van der Waals surface area (Å²) in [6, 6.07) is 21.3. The van der Waals surface area contributed by atoms with Gasteiger partial charge in [-0.25, -0.2) is 23.1 Å². The minimum absolute atomic E-state index is 0.0128. The van der Waals surface area contributed by atoms with Crippen molar-refractivity contribution in [1.29, 1.82) is 0 Å². The van der Waals surface area contributed by atoms with Crippen molar-refractivity contribution >= 4 is 33.4 Å². The summed E-state index contributed by atoms with van der Waals surface area (Å²) in [6.45, 7) is 1.33. The average Bonchev–Trinajstić information content (AvgIpc) is 2.94. The first-order valence-corrected chi connectivity index (χ1v) is 13.3. The minimum atomic E-state index is -3.85. The molecule has 2 N–H and O–H groups in total. The Hall–Kier alpha value is -4.38. The molecule has 4 aromatic rings. The summed E-state index contributed by atoms with van der Waals surface area (Å²) in [5, 5.41) is 11.7. The number of piperidine rings is 1. The Morgan fingerprint density at radius 2 is 1.65 bits per heavy atom. The molecule has 2 aromatic carbocycles. The monoisotopic (exact) mass is 515 g/mol. The molecule has 0 saturated carbocycles. The third-order valence-electron chi connectivity index (χ3n) is 6.06. The van der Waals surface area contributed by atoms with Crippen LogP contribution in [0.15, 0.2) is 90.1 Å². The molecule has 1 amide bonds. The summed E-state index contributed by atoms with van der Waals surface area (Å²) >= 11 is 0. The first kappa shape index (κ1) is 24.3. The zero-order valence-electron chi connectivity index (χ0n) is 19.9. The van der Waals surface area contributed by atoms with E-state index in [0.717, 1.165) is 36.5 Å². The minimum Gasteiger partial charge on any atom is -0.354 e. The largest absolute Gasteiger partial charge is 0.354 e. The smallest absolute Gasteiger partial charge is 0.264 e. The lowest BCUT2D eigenvalue weighted by Gasteiger charge is -2.32. The molecule has 5 rings (SSSR count). The third kappa shape index (κ3) is 5.89. The van der Waals surface area contributed by atoms with Crippen LogP contribution in [-0.4, -0.2) is 47.6 Å². The van der Waals surface area contributed by atoms with Crippen molar-refractivity contribution in [2.75, 3.05) is 28.0 Å². The van der Waals surface area contributed by atoms with Gasteiger partial charge in [0.1, 0.15) is 0 Å². The Morgan fingerprint density at radius 3 is 2.35 bits per heavy atom. The van der Waals surface area contributed by atoms with Gasteiger partial charge >= 0.3 is 0 Å². The van der Waals surface area contributed by atoms with E-state index in [1.807, 2.05) is 42.5 Å². The van der Waals surface area contributed by atoms with E-state index in [-0.39, 0.29) is 22.7 Å². The second-order valence-corrected chi connectivity index (χ2v) is 10.3. The summed E-state index contributed by atoms with van der Waals surface area (Å²) in [5.74, 6) is 0.373. The van der Waals surface area contributed by atoms with E-state index < -0.39 is 10.0 Å². The van der Waals surface area contributed by atoms with E-state index in [2.05, 4.69) is 35.1 Å². The maximum Gasteiger partial charge on any atom is 0.264 e. The van der Waals surface area contributed by atoms with Crippen molar-refractivity contribution in [3.63, 3.8) is 0 Å². The van der Waals surface area contributed by atoms with Crippen LogP contribution in [-0.2, 0) is 14.8 Å². The lowest BCUT2D eigenvalue weighted by atomic mass is 9.97. The molecule has 37 heavy (non-hydrogen) atoms. The van der Waals surface area contributed by atoms with E-state index in [1.54, 1.807) is 18.2 Å². The van der Waals surface area contributed by atoms with Crippen LogP contribution in [0.25, 0.3) is 11.3 Å². The Bertz CT molecular complexity index is 1450. The highest BCUT2D eigenvalue weighted by Gasteiger charge is 2.27. The van der Waals surface area contributed by atoms with Crippen molar-refractivity contribution in [3.05, 3.63) is 85.2 Å². The highest BCUT2D eigenvalue weighted by molar-refractivity contribution is 7.92. The average molecular weight is 516 g/mol. The molecule has 1 aliphatic rings. The van der Waals surface area contributed by atoms with Crippen LogP contribution >= 0.6 is 0 Å². The van der Waals surface area contributed by atoms with Crippen LogP contribution in [0.1, 0.15) is 12.8 Å². The molecule has 3 heterocycles. The highest BCUT2D eigenvalue weighted by atomic mass is 32.2. The van der Waals surface area contributed by atoms with Gasteiger partial charge in [0.15, 0.2) is 5.82 Å². The van der Waals surface area contributed by atoms with Crippen LogP contribution < -0.4 is 14.9 Å². The topological polar surface area (TPSA) is 130 Å². The van der Waals surface area contributed by atoms with Crippen molar-refractivity contribution in [2.45, 2.75) is 17.7 Å². The molecule has 1 unspecified atom stereocenters. The van der Waals surface area contributed by atoms with Crippen molar-refractivity contribution in [1.82, 2.24) is 20.2 Å². The van der Waals surface area contributed by atoms with Crippen LogP contribution in [0.3, 0.4) is 0 Å². The number of benzene rings is 2. The molecule has 1 saturated heterocycles. The van der Waals surface area contributed by atoms with E-state index in [1.165, 1.54) is 24.5 Å². The van der Waals surface area contributed by atoms with E-state index in [0.29, 0.717) is 12.2 Å². The predicted molar refractivity (Wildman–Crippen MR) is 140 cm³/mol. The molecule has 0 bridgehead atoms. The molecule has 1 atom stereocenters. The number of sulfonamides is 1. The number of nitrogens with zero attached hydrogens (tertiary/aromatic N) is 5. The number of amides is 1. The number of anilines is 3. The molecular formula is C26H25N7O3S. The number of rotatable bonds is 7. The maximum atomic E-state index is 13.0. The van der Waals surface area contributed by atoms with Gasteiger partial charge in [-0.2, -0.15) is 0 Å². The summed E-state index contributed by atoms with van der Waals surface area (Å²) in [4.78, 5) is 22.8. The lowest BCUT2D eigenvalue weighted by Crippen LogP contribution is -2.41. The Morgan fingerprint density at radius 1 is 0.892 bits per heavy atom. The number of hydrogen-bond acceptors (Lipinski definition) is 8. The van der Waals surface area contributed by atoms with E-state index >= 15 is 0 Å². The van der Waals surface area contributed by atoms with Gasteiger partial charge in [-0.1, -0.05) is 30.3 Å². The third-order valence-corrected chi connectivity index (χ3v) is 7.40. The first-order chi connectivity index (χ1) is 18.0. The Labute approximate surface area is 214 Å². The van der Waals surface area contributed by atoms with Crippen LogP contribution in [0.2, 0.25) is 0 Å². The van der Waals surface area contributed by atoms with Gasteiger partial charge < -0.3 is 10.2 Å². The van der Waals surface area contributed by atoms with E-state index in [9.17, 15) is 13.2 Å². The van der Waals surface area contributed by atoms with Crippen LogP contribution in [0, 0.1) is 5.92 Å². The molecule has 2 aromatic heterocycles. The van der Waals surface area contributed by atoms with Gasteiger partial charge in [0.05, 0.1) is 16.5 Å². The molecule has 188 valence electrons. The van der Waals surface area contributed by atoms with Gasteiger partial charge in [0.2, 0.25) is 11.9 Å². The normalized spacial score (nSPS) is 15.7. The van der Waals surface area contributed by atoms with E-state index in [4.69, 9.17) is 0 Å². The fourth-order valence-electron chi connectivity index (χ4n) is 4.15. The summed E-state index contributed by atoms with van der Waals surface area (Å²) < 4.78 is 27.4. The van der Waals surface area contributed by atoms with Gasteiger partial charge in [0, 0.05) is 36.7 Å². The SMILES string of the molecule is O=C(Nc1ccc(S(=O)(=O)Nc2ncccn2)cc1)C1CCCN(c2ccc(-c3ccccc3)nn2)C1. The molecule has 0 aliphatic carbocycles. The molecule has 0 spiro atoms. The van der Waals surface area contributed by atoms with Gasteiger partial charge in [-0.05, 0) is 55.3 Å². The Balaban J connectivity index is 1.20. The maximum absolute atomic E-state index is 13.0. The van der Waals surface area contributed by atoms with Gasteiger partial charge in [-0.15, -0.1) is 10.2 Å². The summed E-state index contributed by atoms with van der Waals surface area (Å²) in [7, 11) is -3.85. The standard InChI is InChI=1S/C26H25N7O3S/c34-25(29-21-9-11-22(12-10-21)37(35,36)32-26-27-15-5-16-28-26)20-8-4-17-33(18-20)24-14-13-23(30-31-24)19-6-2-1-3-7-19/h1-3,5-7,9-16,20H,4,8,17-18H2,(H,29,34)(H,27,28,32). The summed E-state index contributed by atoms with van der Waals surface area (Å²) in [6.07, 6.45) is 4.50. The molecule has 11 heteroatoms. The van der Waals surface area contributed by atoms with Crippen molar-refractivity contribution in [2.24, 2.45) is 5.92 Å². The van der Waals surface area contributed by atoms with Gasteiger partial charge in [0.25, 0.3) is 10.0 Å².